The normalized spacial score (nSPS) is 27.2. The van der Waals surface area contributed by atoms with Gasteiger partial charge in [-0.2, -0.15) is 0 Å². The van der Waals surface area contributed by atoms with Crippen molar-refractivity contribution in [3.05, 3.63) is 104 Å². The summed E-state index contributed by atoms with van der Waals surface area (Å²) in [6, 6.07) is 19.6. The van der Waals surface area contributed by atoms with E-state index in [9.17, 15) is 19.7 Å². The molecule has 2 atom stereocenters. The van der Waals surface area contributed by atoms with E-state index in [1.165, 1.54) is 12.1 Å². The van der Waals surface area contributed by atoms with E-state index in [4.69, 9.17) is 11.6 Å². The second-order valence-corrected chi connectivity index (χ2v) is 9.78. The highest BCUT2D eigenvalue weighted by atomic mass is 79.9. The molecule has 3 aromatic rings. The van der Waals surface area contributed by atoms with Crippen molar-refractivity contribution >= 4 is 50.7 Å². The fourth-order valence-corrected chi connectivity index (χ4v) is 6.67. The van der Waals surface area contributed by atoms with Crippen LogP contribution in [0, 0.1) is 22.0 Å². The summed E-state index contributed by atoms with van der Waals surface area (Å²) >= 11 is 10.6. The predicted molar refractivity (Wildman–Crippen MR) is 122 cm³/mol. The molecule has 4 aliphatic rings. The summed E-state index contributed by atoms with van der Waals surface area (Å²) in [5.41, 5.74) is 3.15. The van der Waals surface area contributed by atoms with Crippen molar-refractivity contribution < 1.29 is 14.5 Å². The molecule has 1 aliphatic heterocycles. The zero-order valence-electron chi connectivity index (χ0n) is 16.4. The minimum absolute atomic E-state index is 0.0321. The Morgan fingerprint density at radius 3 is 2.12 bits per heavy atom. The van der Waals surface area contributed by atoms with E-state index < -0.39 is 33.4 Å². The second-order valence-electron chi connectivity index (χ2n) is 8.27. The van der Waals surface area contributed by atoms with Gasteiger partial charge in [0, 0.05) is 16.5 Å². The van der Waals surface area contributed by atoms with Crippen molar-refractivity contribution in [2.75, 3.05) is 4.90 Å². The van der Waals surface area contributed by atoms with Gasteiger partial charge in [-0.1, -0.05) is 64.5 Å². The predicted octanol–water partition coefficient (Wildman–Crippen LogP) is 5.10. The molecule has 1 saturated heterocycles. The largest absolute Gasteiger partial charge is 0.294 e. The molecule has 158 valence electrons. The summed E-state index contributed by atoms with van der Waals surface area (Å²) in [6.45, 7) is 0. The lowest BCUT2D eigenvalue weighted by Crippen LogP contribution is -2.50. The Morgan fingerprint density at radius 2 is 1.53 bits per heavy atom. The van der Waals surface area contributed by atoms with Gasteiger partial charge in [0.25, 0.3) is 5.69 Å². The summed E-state index contributed by atoms with van der Waals surface area (Å²) in [7, 11) is 0. The van der Waals surface area contributed by atoms with Crippen molar-refractivity contribution in [2.24, 2.45) is 11.8 Å². The maximum absolute atomic E-state index is 13.8. The maximum Gasteiger partial charge on any atom is 0.294 e. The van der Waals surface area contributed by atoms with Crippen molar-refractivity contribution in [2.45, 2.75) is 10.8 Å². The van der Waals surface area contributed by atoms with Crippen LogP contribution in [0.4, 0.5) is 11.4 Å². The molecular weight excluding hydrogens is 496 g/mol. The molecule has 1 fully saturated rings. The molecule has 3 aromatic carbocycles. The fraction of sp³-hybridized carbons (Fsp3) is 0.167. The molecule has 6 nitrogen and oxygen atoms in total. The minimum atomic E-state index is -1.22. The summed E-state index contributed by atoms with van der Waals surface area (Å²) < 4.78 is 0.484. The molecule has 0 spiro atoms. The van der Waals surface area contributed by atoms with Crippen LogP contribution in [0.1, 0.15) is 28.2 Å². The van der Waals surface area contributed by atoms with Crippen molar-refractivity contribution in [1.82, 2.24) is 0 Å². The first-order chi connectivity index (χ1) is 15.4. The third-order valence-corrected chi connectivity index (χ3v) is 8.03. The highest BCUT2D eigenvalue weighted by Gasteiger charge is 2.68. The van der Waals surface area contributed by atoms with Gasteiger partial charge in [0.05, 0.1) is 16.8 Å². The molecule has 1 heterocycles. The monoisotopic (exact) mass is 508 g/mol. The quantitative estimate of drug-likeness (QED) is 0.208. The molecule has 32 heavy (non-hydrogen) atoms. The molecule has 0 aromatic heterocycles. The zero-order valence-corrected chi connectivity index (χ0v) is 18.7. The van der Waals surface area contributed by atoms with Crippen LogP contribution in [-0.2, 0) is 14.5 Å². The number of anilines is 1. The van der Waals surface area contributed by atoms with Gasteiger partial charge in [-0.05, 0) is 34.4 Å². The molecule has 8 heteroatoms. The Kier molecular flexibility index (Phi) is 3.99. The van der Waals surface area contributed by atoms with Crippen LogP contribution in [0.3, 0.4) is 0 Å². The first-order valence-electron chi connectivity index (χ1n) is 10.0. The van der Waals surface area contributed by atoms with Gasteiger partial charge >= 0.3 is 0 Å². The number of nitrogens with zero attached hydrogens (tertiary/aromatic N) is 2. The Balaban J connectivity index is 1.61. The number of hydrogen-bond donors (Lipinski definition) is 0. The number of alkyl halides is 1. The standard InChI is InChI=1S/C24H14BrClN2O4/c25-12-9-10-17(18(11-12)28(31)32)27-22(29)20-19-13-5-1-3-7-15(13)24(26,21(20)23(27)30)16-8-4-2-6-14(16)19/h1-11,19-21H/t19?,20-,21-,24?/m1/s1. The number of imide groups is 1. The number of carbonyl (C=O) groups is 2. The third kappa shape index (κ3) is 2.25. The number of carbonyl (C=O) groups excluding carboxylic acids is 2. The van der Waals surface area contributed by atoms with E-state index in [2.05, 4.69) is 15.9 Å². The molecule has 0 radical (unpaired) electrons. The zero-order chi connectivity index (χ0) is 22.4. The summed E-state index contributed by atoms with van der Waals surface area (Å²) in [5.74, 6) is -2.88. The first kappa shape index (κ1) is 19.6. The van der Waals surface area contributed by atoms with Gasteiger partial charge in [-0.15, -0.1) is 11.6 Å². The van der Waals surface area contributed by atoms with Crippen LogP contribution >= 0.6 is 27.5 Å². The highest BCUT2D eigenvalue weighted by molar-refractivity contribution is 9.10. The summed E-state index contributed by atoms with van der Waals surface area (Å²) in [6.07, 6.45) is 0. The number of amides is 2. The molecule has 0 N–H and O–H groups in total. The van der Waals surface area contributed by atoms with Gasteiger partial charge in [0.2, 0.25) is 11.8 Å². The van der Waals surface area contributed by atoms with Crippen LogP contribution in [0.2, 0.25) is 0 Å². The van der Waals surface area contributed by atoms with Gasteiger partial charge in [0.1, 0.15) is 10.6 Å². The average Bonchev–Trinajstić information content (AvgIpc) is 3.06. The van der Waals surface area contributed by atoms with Gasteiger partial charge < -0.3 is 0 Å². The maximum atomic E-state index is 13.8. The summed E-state index contributed by atoms with van der Waals surface area (Å²) in [5, 5.41) is 11.7. The number of benzene rings is 3. The third-order valence-electron chi connectivity index (χ3n) is 6.89. The lowest BCUT2D eigenvalue weighted by Gasteiger charge is -2.50. The van der Waals surface area contributed by atoms with Crippen LogP contribution in [0.25, 0.3) is 0 Å². The molecule has 0 saturated carbocycles. The fourth-order valence-electron chi connectivity index (χ4n) is 5.75. The summed E-state index contributed by atoms with van der Waals surface area (Å²) in [4.78, 5) is 38.5. The number of rotatable bonds is 2. The van der Waals surface area contributed by atoms with E-state index in [1.54, 1.807) is 6.07 Å². The van der Waals surface area contributed by atoms with Gasteiger partial charge in [-0.3, -0.25) is 19.7 Å². The number of nitro benzene ring substituents is 1. The van der Waals surface area contributed by atoms with Crippen LogP contribution in [0.5, 0.6) is 0 Å². The molecule has 7 rings (SSSR count). The Bertz CT molecular complexity index is 1330. The molecule has 2 bridgehead atoms. The molecule has 2 amide bonds. The van der Waals surface area contributed by atoms with Crippen LogP contribution < -0.4 is 4.90 Å². The van der Waals surface area contributed by atoms with E-state index >= 15 is 0 Å². The Labute approximate surface area is 196 Å². The second kappa shape index (κ2) is 6.49. The van der Waals surface area contributed by atoms with Crippen molar-refractivity contribution in [1.29, 1.82) is 0 Å². The molecule has 3 aliphatic carbocycles. The van der Waals surface area contributed by atoms with Crippen molar-refractivity contribution in [3.8, 4) is 0 Å². The van der Waals surface area contributed by atoms with E-state index in [0.717, 1.165) is 27.2 Å². The van der Waals surface area contributed by atoms with Crippen LogP contribution in [0.15, 0.2) is 71.2 Å². The lowest BCUT2D eigenvalue weighted by molar-refractivity contribution is -0.384. The lowest BCUT2D eigenvalue weighted by atomic mass is 9.54. The first-order valence-corrected chi connectivity index (χ1v) is 11.2. The SMILES string of the molecule is O=C1[C@@H]2C3c4ccccc4C(Cl)(c4ccccc43)[C@H]2C(=O)N1c1ccc(Br)cc1[N+](=O)[O-]. The van der Waals surface area contributed by atoms with Gasteiger partial charge in [-0.25, -0.2) is 4.90 Å². The van der Waals surface area contributed by atoms with E-state index in [-0.39, 0.29) is 17.3 Å². The Morgan fingerprint density at radius 1 is 0.938 bits per heavy atom. The molecular formula is C24H14BrClN2O4. The average molecular weight is 510 g/mol. The van der Waals surface area contributed by atoms with E-state index in [0.29, 0.717) is 4.47 Å². The van der Waals surface area contributed by atoms with E-state index in [1.807, 2.05) is 48.5 Å². The number of halogens is 2. The smallest absolute Gasteiger partial charge is 0.274 e. The number of hydrogen-bond acceptors (Lipinski definition) is 4. The van der Waals surface area contributed by atoms with Gasteiger partial charge in [0.15, 0.2) is 0 Å². The Hall–Kier alpha value is -3.03. The molecule has 0 unspecified atom stereocenters. The highest BCUT2D eigenvalue weighted by Crippen LogP contribution is 2.66. The van der Waals surface area contributed by atoms with Crippen molar-refractivity contribution in [3.63, 3.8) is 0 Å². The van der Waals surface area contributed by atoms with Crippen LogP contribution in [-0.4, -0.2) is 16.7 Å². The minimum Gasteiger partial charge on any atom is -0.274 e. The topological polar surface area (TPSA) is 80.5 Å². The number of nitro groups is 1.